The van der Waals surface area contributed by atoms with Gasteiger partial charge in [0.15, 0.2) is 0 Å². The van der Waals surface area contributed by atoms with E-state index in [1.807, 2.05) is 0 Å². The highest BCUT2D eigenvalue weighted by Crippen LogP contribution is 2.20. The summed E-state index contributed by atoms with van der Waals surface area (Å²) in [6, 6.07) is 5.33. The number of para-hydroxylation sites is 1. The lowest BCUT2D eigenvalue weighted by Gasteiger charge is -2.09. The summed E-state index contributed by atoms with van der Waals surface area (Å²) >= 11 is 0. The van der Waals surface area contributed by atoms with Gasteiger partial charge in [-0.2, -0.15) is 5.10 Å². The van der Waals surface area contributed by atoms with Crippen LogP contribution in [-0.4, -0.2) is 18.2 Å². The van der Waals surface area contributed by atoms with Crippen molar-refractivity contribution in [2.45, 2.75) is 11.4 Å². The predicted molar refractivity (Wildman–Crippen MR) is 68.0 cm³/mol. The van der Waals surface area contributed by atoms with E-state index in [-0.39, 0.29) is 17.1 Å². The molecular weight excluding hydrogens is 271 g/mol. The number of anilines is 1. The molecule has 102 valence electrons. The number of aromatic nitrogens is 2. The van der Waals surface area contributed by atoms with Crippen LogP contribution in [0.1, 0.15) is 5.69 Å². The third-order valence-electron chi connectivity index (χ3n) is 2.67. The fourth-order valence-electron chi connectivity index (χ4n) is 1.57. The first-order valence-electron chi connectivity index (χ1n) is 5.42. The average molecular weight is 284 g/mol. The first-order chi connectivity index (χ1) is 8.92. The van der Waals surface area contributed by atoms with Crippen molar-refractivity contribution in [1.29, 1.82) is 0 Å². The predicted octanol–water partition coefficient (Wildman–Crippen LogP) is 0.620. The van der Waals surface area contributed by atoms with Crippen molar-refractivity contribution in [2.24, 2.45) is 7.05 Å². The molecule has 1 heterocycles. The molecule has 3 N–H and O–H groups in total. The molecule has 0 saturated carbocycles. The lowest BCUT2D eigenvalue weighted by atomic mass is 10.3. The van der Waals surface area contributed by atoms with E-state index in [0.29, 0.717) is 5.69 Å². The Balaban J connectivity index is 2.24. The van der Waals surface area contributed by atoms with Gasteiger partial charge in [0.05, 0.1) is 17.9 Å². The second-order valence-corrected chi connectivity index (χ2v) is 5.66. The van der Waals surface area contributed by atoms with Crippen LogP contribution in [0.3, 0.4) is 0 Å². The molecule has 0 amide bonds. The first-order valence-corrected chi connectivity index (χ1v) is 6.90. The van der Waals surface area contributed by atoms with E-state index in [9.17, 15) is 12.8 Å². The zero-order valence-electron chi connectivity index (χ0n) is 10.2. The van der Waals surface area contributed by atoms with Crippen molar-refractivity contribution in [3.05, 3.63) is 42.0 Å². The second kappa shape index (κ2) is 4.98. The van der Waals surface area contributed by atoms with Gasteiger partial charge in [0.25, 0.3) is 0 Å². The Bertz CT molecular complexity index is 696. The number of aryl methyl sites for hydroxylation is 1. The summed E-state index contributed by atoms with van der Waals surface area (Å²) < 4.78 is 41.2. The van der Waals surface area contributed by atoms with Crippen molar-refractivity contribution in [3.8, 4) is 0 Å². The maximum absolute atomic E-state index is 13.3. The largest absolute Gasteiger partial charge is 0.395 e. The summed E-state index contributed by atoms with van der Waals surface area (Å²) in [4.78, 5) is -0.269. The van der Waals surface area contributed by atoms with E-state index < -0.39 is 15.8 Å². The normalized spacial score (nSPS) is 11.7. The van der Waals surface area contributed by atoms with Crippen LogP contribution in [0.2, 0.25) is 0 Å². The molecule has 0 spiro atoms. The summed E-state index contributed by atoms with van der Waals surface area (Å²) in [7, 11) is -2.17. The summed E-state index contributed by atoms with van der Waals surface area (Å²) in [5.41, 5.74) is 5.73. The number of rotatable bonds is 4. The summed E-state index contributed by atoms with van der Waals surface area (Å²) in [5, 5.41) is 3.92. The van der Waals surface area contributed by atoms with E-state index in [4.69, 9.17) is 5.73 Å². The summed E-state index contributed by atoms with van der Waals surface area (Å²) in [6.07, 6.45) is 1.56. The van der Waals surface area contributed by atoms with Crippen molar-refractivity contribution >= 4 is 15.7 Å². The maximum atomic E-state index is 13.3. The van der Waals surface area contributed by atoms with Gasteiger partial charge in [0.2, 0.25) is 10.0 Å². The molecule has 19 heavy (non-hydrogen) atoms. The molecule has 2 aromatic rings. The minimum atomic E-state index is -3.86. The summed E-state index contributed by atoms with van der Waals surface area (Å²) in [6.45, 7) is 0.0504. The van der Waals surface area contributed by atoms with Gasteiger partial charge in [-0.25, -0.2) is 17.5 Å². The van der Waals surface area contributed by atoms with Crippen LogP contribution in [0.15, 0.2) is 35.4 Å². The van der Waals surface area contributed by atoms with Crippen LogP contribution < -0.4 is 10.5 Å². The van der Waals surface area contributed by atoms with E-state index in [1.165, 1.54) is 16.8 Å². The van der Waals surface area contributed by atoms with Gasteiger partial charge in [0, 0.05) is 13.2 Å². The Morgan fingerprint density at radius 1 is 1.42 bits per heavy atom. The first kappa shape index (κ1) is 13.5. The van der Waals surface area contributed by atoms with E-state index in [1.54, 1.807) is 19.3 Å². The smallest absolute Gasteiger partial charge is 0.243 e. The number of benzene rings is 1. The number of halogens is 1. The van der Waals surface area contributed by atoms with Crippen LogP contribution in [0.4, 0.5) is 10.1 Å². The lowest BCUT2D eigenvalue weighted by Crippen LogP contribution is -2.25. The van der Waals surface area contributed by atoms with Crippen molar-refractivity contribution in [2.75, 3.05) is 5.73 Å². The van der Waals surface area contributed by atoms with E-state index >= 15 is 0 Å². The zero-order chi connectivity index (χ0) is 14.0. The van der Waals surface area contributed by atoms with Gasteiger partial charge in [-0.05, 0) is 18.2 Å². The molecule has 2 rings (SSSR count). The lowest BCUT2D eigenvalue weighted by molar-refractivity contribution is 0.575. The molecule has 0 aliphatic rings. The molecule has 1 aromatic carbocycles. The van der Waals surface area contributed by atoms with Crippen LogP contribution in [0, 0.1) is 5.82 Å². The van der Waals surface area contributed by atoms with Crippen LogP contribution in [-0.2, 0) is 23.6 Å². The molecule has 0 radical (unpaired) electrons. The topological polar surface area (TPSA) is 90.0 Å². The van der Waals surface area contributed by atoms with E-state index in [2.05, 4.69) is 9.82 Å². The summed E-state index contributed by atoms with van der Waals surface area (Å²) in [5.74, 6) is -0.761. The average Bonchev–Trinajstić information content (AvgIpc) is 2.76. The van der Waals surface area contributed by atoms with Gasteiger partial charge < -0.3 is 5.73 Å². The second-order valence-electron chi connectivity index (χ2n) is 3.92. The highest BCUT2D eigenvalue weighted by atomic mass is 32.2. The fraction of sp³-hybridized carbons (Fsp3) is 0.182. The van der Waals surface area contributed by atoms with Gasteiger partial charge >= 0.3 is 0 Å². The van der Waals surface area contributed by atoms with Crippen LogP contribution >= 0.6 is 0 Å². The molecule has 0 saturated heterocycles. The molecule has 0 aliphatic carbocycles. The highest BCUT2D eigenvalue weighted by Gasteiger charge is 2.19. The third-order valence-corrected chi connectivity index (χ3v) is 4.13. The number of nitrogen functional groups attached to an aromatic ring is 1. The third kappa shape index (κ3) is 2.74. The molecule has 0 fully saturated rings. The Morgan fingerprint density at radius 3 is 2.79 bits per heavy atom. The molecule has 0 bridgehead atoms. The fourth-order valence-corrected chi connectivity index (χ4v) is 2.71. The number of sulfonamides is 1. The van der Waals surface area contributed by atoms with Crippen LogP contribution in [0.5, 0.6) is 0 Å². The maximum Gasteiger partial charge on any atom is 0.243 e. The number of hydrogen-bond donors (Lipinski definition) is 2. The van der Waals surface area contributed by atoms with Gasteiger partial charge in [-0.3, -0.25) is 4.68 Å². The molecule has 0 aliphatic heterocycles. The number of hydrogen-bond acceptors (Lipinski definition) is 4. The molecule has 8 heteroatoms. The standard InChI is InChI=1S/C11H13FN4O2S/c1-16-8(5-6-14-16)7-15-19(17,18)10-4-2-3-9(12)11(10)13/h2-6,15H,7,13H2,1H3. The molecule has 0 atom stereocenters. The molecular formula is C11H13FN4O2S. The SMILES string of the molecule is Cn1nccc1CNS(=O)(=O)c1cccc(F)c1N. The monoisotopic (exact) mass is 284 g/mol. The van der Waals surface area contributed by atoms with Crippen molar-refractivity contribution in [1.82, 2.24) is 14.5 Å². The zero-order valence-corrected chi connectivity index (χ0v) is 11.0. The Hall–Kier alpha value is -1.93. The van der Waals surface area contributed by atoms with Gasteiger partial charge in [-0.15, -0.1) is 0 Å². The number of nitrogens with zero attached hydrogens (tertiary/aromatic N) is 2. The minimum absolute atomic E-state index is 0.0504. The molecule has 1 aromatic heterocycles. The van der Waals surface area contributed by atoms with Crippen molar-refractivity contribution < 1.29 is 12.8 Å². The molecule has 0 unspecified atom stereocenters. The Morgan fingerprint density at radius 2 is 2.16 bits per heavy atom. The minimum Gasteiger partial charge on any atom is -0.395 e. The molecule has 6 nitrogen and oxygen atoms in total. The van der Waals surface area contributed by atoms with E-state index in [0.717, 1.165) is 6.07 Å². The number of nitrogens with one attached hydrogen (secondary N) is 1. The van der Waals surface area contributed by atoms with Crippen molar-refractivity contribution in [3.63, 3.8) is 0 Å². The van der Waals surface area contributed by atoms with Gasteiger partial charge in [0.1, 0.15) is 10.7 Å². The highest BCUT2D eigenvalue weighted by molar-refractivity contribution is 7.89. The van der Waals surface area contributed by atoms with Gasteiger partial charge in [-0.1, -0.05) is 6.07 Å². The Labute approximate surface area is 110 Å². The number of nitrogens with two attached hydrogens (primary N) is 1. The van der Waals surface area contributed by atoms with Crippen LogP contribution in [0.25, 0.3) is 0 Å². The Kier molecular flexibility index (Phi) is 3.54. The quantitative estimate of drug-likeness (QED) is 0.805.